The molecule has 1 amide bonds. The van der Waals surface area contributed by atoms with E-state index in [0.717, 1.165) is 11.1 Å². The minimum absolute atomic E-state index is 0.108. The second kappa shape index (κ2) is 10.1. The number of morpholine rings is 1. The Morgan fingerprint density at radius 2 is 1.87 bits per heavy atom. The molecule has 0 aromatic heterocycles. The van der Waals surface area contributed by atoms with Gasteiger partial charge in [0.1, 0.15) is 11.8 Å². The maximum Gasteiger partial charge on any atom is 0.241 e. The van der Waals surface area contributed by atoms with Crippen LogP contribution in [0.15, 0.2) is 53.4 Å². The molecule has 0 unspecified atom stereocenters. The van der Waals surface area contributed by atoms with Crippen LogP contribution in [0.2, 0.25) is 0 Å². The molecule has 2 aromatic rings. The molecule has 1 aliphatic rings. The summed E-state index contributed by atoms with van der Waals surface area (Å²) in [7, 11) is -3.90. The maximum atomic E-state index is 13.1. The zero-order valence-electron chi connectivity index (χ0n) is 17.3. The second-order valence-corrected chi connectivity index (χ2v) is 8.88. The Kier molecular flexibility index (Phi) is 7.47. The summed E-state index contributed by atoms with van der Waals surface area (Å²) in [6.07, 6.45) is 0.270. The largest absolute Gasteiger partial charge is 0.494 e. The van der Waals surface area contributed by atoms with Gasteiger partial charge in [-0.3, -0.25) is 4.79 Å². The lowest BCUT2D eigenvalue weighted by molar-refractivity contribution is -0.137. The number of nitrogens with one attached hydrogen (secondary N) is 1. The molecule has 0 saturated carbocycles. The molecule has 1 heterocycles. The smallest absolute Gasteiger partial charge is 0.241 e. The third-order valence-electron chi connectivity index (χ3n) is 4.96. The quantitative estimate of drug-likeness (QED) is 0.691. The predicted molar refractivity (Wildman–Crippen MR) is 114 cm³/mol. The fraction of sp³-hybridized carbons (Fsp3) is 0.409. The predicted octanol–water partition coefficient (Wildman–Crippen LogP) is 2.14. The van der Waals surface area contributed by atoms with Crippen molar-refractivity contribution in [2.45, 2.75) is 31.2 Å². The fourth-order valence-corrected chi connectivity index (χ4v) is 4.67. The van der Waals surface area contributed by atoms with Gasteiger partial charge in [-0.25, -0.2) is 8.42 Å². The van der Waals surface area contributed by atoms with Crippen molar-refractivity contribution >= 4 is 15.9 Å². The summed E-state index contributed by atoms with van der Waals surface area (Å²) in [5.74, 6) is 0.398. The van der Waals surface area contributed by atoms with E-state index in [2.05, 4.69) is 4.72 Å². The van der Waals surface area contributed by atoms with Gasteiger partial charge in [0, 0.05) is 13.1 Å². The number of benzene rings is 2. The molecule has 7 nitrogen and oxygen atoms in total. The summed E-state index contributed by atoms with van der Waals surface area (Å²) in [4.78, 5) is 14.9. The highest BCUT2D eigenvalue weighted by Gasteiger charge is 2.30. The molecule has 0 bridgehead atoms. The number of aryl methyl sites for hydroxylation is 1. The lowest BCUT2D eigenvalue weighted by Gasteiger charge is -2.30. The van der Waals surface area contributed by atoms with Crippen LogP contribution in [0.25, 0.3) is 0 Å². The molecule has 2 aromatic carbocycles. The number of nitrogens with zero attached hydrogens (tertiary/aromatic N) is 1. The van der Waals surface area contributed by atoms with Crippen molar-refractivity contribution in [3.8, 4) is 5.75 Å². The first-order chi connectivity index (χ1) is 14.4. The number of ether oxygens (including phenoxy) is 2. The zero-order valence-corrected chi connectivity index (χ0v) is 18.2. The summed E-state index contributed by atoms with van der Waals surface area (Å²) in [6, 6.07) is 13.2. The van der Waals surface area contributed by atoms with Gasteiger partial charge < -0.3 is 14.4 Å². The van der Waals surface area contributed by atoms with E-state index in [1.54, 1.807) is 24.0 Å². The van der Waals surface area contributed by atoms with Crippen molar-refractivity contribution in [2.75, 3.05) is 32.9 Å². The average molecular weight is 433 g/mol. The van der Waals surface area contributed by atoms with E-state index in [1.165, 1.54) is 6.07 Å². The van der Waals surface area contributed by atoms with Gasteiger partial charge in [0.05, 0.1) is 24.7 Å². The Bertz CT molecular complexity index is 957. The molecule has 1 fully saturated rings. The third-order valence-corrected chi connectivity index (χ3v) is 6.43. The van der Waals surface area contributed by atoms with Crippen molar-refractivity contribution in [1.82, 2.24) is 9.62 Å². The minimum atomic E-state index is -3.90. The number of amides is 1. The Labute approximate surface area is 178 Å². The molecule has 8 heteroatoms. The normalized spacial score (nSPS) is 15.6. The number of carbonyl (C=O) groups excluding carboxylic acids is 1. The summed E-state index contributed by atoms with van der Waals surface area (Å²) >= 11 is 0. The number of rotatable bonds is 8. The lowest BCUT2D eigenvalue weighted by atomic mass is 10.1. The Balaban J connectivity index is 1.85. The fourth-order valence-electron chi connectivity index (χ4n) is 3.40. The monoisotopic (exact) mass is 432 g/mol. The van der Waals surface area contributed by atoms with E-state index >= 15 is 0 Å². The molecule has 0 radical (unpaired) electrons. The Morgan fingerprint density at radius 3 is 2.50 bits per heavy atom. The van der Waals surface area contributed by atoms with Crippen LogP contribution in [-0.2, 0) is 26.0 Å². The van der Waals surface area contributed by atoms with E-state index < -0.39 is 16.1 Å². The molecule has 30 heavy (non-hydrogen) atoms. The highest BCUT2D eigenvalue weighted by molar-refractivity contribution is 7.89. The first-order valence-electron chi connectivity index (χ1n) is 10.1. The standard InChI is InChI=1S/C22H28N2O5S/c1-3-29-21-10-9-19(15-17(21)2)30(26,27)23-20(16-18-7-5-4-6-8-18)22(25)24-11-13-28-14-12-24/h4-10,15,20,23H,3,11-14,16H2,1-2H3/t20-/m1/s1. The van der Waals surface area contributed by atoms with Crippen LogP contribution in [0.1, 0.15) is 18.1 Å². The molecule has 162 valence electrons. The van der Waals surface area contributed by atoms with Gasteiger partial charge in [-0.05, 0) is 49.6 Å². The summed E-state index contributed by atoms with van der Waals surface area (Å²) in [5, 5.41) is 0. The van der Waals surface area contributed by atoms with Crippen molar-refractivity contribution in [2.24, 2.45) is 0 Å². The summed E-state index contributed by atoms with van der Waals surface area (Å²) in [5.41, 5.74) is 1.61. The number of hydrogen-bond acceptors (Lipinski definition) is 5. The topological polar surface area (TPSA) is 84.9 Å². The maximum absolute atomic E-state index is 13.1. The highest BCUT2D eigenvalue weighted by Crippen LogP contribution is 2.22. The summed E-state index contributed by atoms with van der Waals surface area (Å²) in [6.45, 7) is 5.98. The van der Waals surface area contributed by atoms with E-state index in [4.69, 9.17) is 9.47 Å². The molecule has 1 N–H and O–H groups in total. The second-order valence-electron chi connectivity index (χ2n) is 7.16. The highest BCUT2D eigenvalue weighted by atomic mass is 32.2. The Morgan fingerprint density at radius 1 is 1.17 bits per heavy atom. The van der Waals surface area contributed by atoms with E-state index in [0.29, 0.717) is 38.7 Å². The van der Waals surface area contributed by atoms with E-state index in [-0.39, 0.29) is 17.2 Å². The van der Waals surface area contributed by atoms with Crippen LogP contribution in [0.5, 0.6) is 5.75 Å². The number of carbonyl (C=O) groups is 1. The molecule has 1 atom stereocenters. The number of sulfonamides is 1. The van der Waals surface area contributed by atoms with Crippen molar-refractivity contribution in [3.05, 3.63) is 59.7 Å². The molecule has 1 saturated heterocycles. The third kappa shape index (κ3) is 5.59. The van der Waals surface area contributed by atoms with Crippen LogP contribution < -0.4 is 9.46 Å². The van der Waals surface area contributed by atoms with Crippen LogP contribution in [0.3, 0.4) is 0 Å². The van der Waals surface area contributed by atoms with Gasteiger partial charge in [0.2, 0.25) is 15.9 Å². The van der Waals surface area contributed by atoms with Gasteiger partial charge >= 0.3 is 0 Å². The van der Waals surface area contributed by atoms with Gasteiger partial charge in [-0.2, -0.15) is 4.72 Å². The lowest BCUT2D eigenvalue weighted by Crippen LogP contribution is -2.52. The minimum Gasteiger partial charge on any atom is -0.494 e. The van der Waals surface area contributed by atoms with Crippen LogP contribution in [-0.4, -0.2) is 58.2 Å². The molecule has 1 aliphatic heterocycles. The van der Waals surface area contributed by atoms with Crippen LogP contribution in [0.4, 0.5) is 0 Å². The van der Waals surface area contributed by atoms with Crippen molar-refractivity contribution in [1.29, 1.82) is 0 Å². The molecule has 0 aliphatic carbocycles. The van der Waals surface area contributed by atoms with E-state index in [1.807, 2.05) is 37.3 Å². The van der Waals surface area contributed by atoms with Gasteiger partial charge in [0.25, 0.3) is 0 Å². The summed E-state index contributed by atoms with van der Waals surface area (Å²) < 4.78 is 39.6. The van der Waals surface area contributed by atoms with Crippen molar-refractivity contribution < 1.29 is 22.7 Å². The molecule has 3 rings (SSSR count). The van der Waals surface area contributed by atoms with Crippen molar-refractivity contribution in [3.63, 3.8) is 0 Å². The van der Waals surface area contributed by atoms with Crippen LogP contribution >= 0.6 is 0 Å². The van der Waals surface area contributed by atoms with Crippen LogP contribution in [0, 0.1) is 6.92 Å². The first kappa shape index (κ1) is 22.3. The van der Waals surface area contributed by atoms with E-state index in [9.17, 15) is 13.2 Å². The Hall–Kier alpha value is -2.42. The molecule has 0 spiro atoms. The first-order valence-corrected chi connectivity index (χ1v) is 11.6. The SMILES string of the molecule is CCOc1ccc(S(=O)(=O)N[C@H](Cc2ccccc2)C(=O)N2CCOCC2)cc1C. The number of hydrogen-bond donors (Lipinski definition) is 1. The molecular weight excluding hydrogens is 404 g/mol. The van der Waals surface area contributed by atoms with Gasteiger partial charge in [-0.1, -0.05) is 30.3 Å². The average Bonchev–Trinajstić information content (AvgIpc) is 2.75. The molecular formula is C22H28N2O5S. The van der Waals surface area contributed by atoms with Gasteiger partial charge in [0.15, 0.2) is 0 Å². The van der Waals surface area contributed by atoms with Gasteiger partial charge in [-0.15, -0.1) is 0 Å². The zero-order chi connectivity index (χ0) is 21.6.